The van der Waals surface area contributed by atoms with Gasteiger partial charge in [0.1, 0.15) is 23.0 Å². The molecule has 3 rings (SSSR count). The Morgan fingerprint density at radius 3 is 2.61 bits per heavy atom. The van der Waals surface area contributed by atoms with Gasteiger partial charge in [0.25, 0.3) is 0 Å². The summed E-state index contributed by atoms with van der Waals surface area (Å²) in [6.45, 7) is 3.74. The Balaban J connectivity index is 2.11. The first-order valence-electron chi connectivity index (χ1n) is 7.35. The van der Waals surface area contributed by atoms with Crippen LogP contribution in [-0.4, -0.2) is 27.1 Å². The molecule has 2 heterocycles. The third kappa shape index (κ3) is 3.03. The summed E-state index contributed by atoms with van der Waals surface area (Å²) in [7, 11) is 0. The van der Waals surface area contributed by atoms with Crippen LogP contribution >= 0.6 is 11.3 Å². The summed E-state index contributed by atoms with van der Waals surface area (Å²) in [5.41, 5.74) is 2.08. The van der Waals surface area contributed by atoms with Crippen molar-refractivity contribution in [3.63, 3.8) is 0 Å². The van der Waals surface area contributed by atoms with Crippen LogP contribution < -0.4 is 5.32 Å². The normalized spacial score (nSPS) is 12.5. The molecule has 2 aromatic heterocycles. The van der Waals surface area contributed by atoms with Crippen molar-refractivity contribution in [3.05, 3.63) is 42.0 Å². The number of rotatable bonds is 5. The molecule has 0 saturated heterocycles. The van der Waals surface area contributed by atoms with Crippen LogP contribution in [0.4, 0.5) is 5.82 Å². The van der Waals surface area contributed by atoms with Crippen molar-refractivity contribution in [1.29, 1.82) is 0 Å². The Kier molecular flexibility index (Phi) is 4.25. The second-order valence-electron chi connectivity index (χ2n) is 5.62. The van der Waals surface area contributed by atoms with Gasteiger partial charge >= 0.3 is 5.97 Å². The highest BCUT2D eigenvalue weighted by molar-refractivity contribution is 7.17. The van der Waals surface area contributed by atoms with Crippen molar-refractivity contribution in [2.45, 2.75) is 19.9 Å². The molecule has 0 aliphatic rings. The van der Waals surface area contributed by atoms with E-state index in [9.17, 15) is 9.90 Å². The molecule has 118 valence electrons. The van der Waals surface area contributed by atoms with Crippen LogP contribution in [0.3, 0.4) is 0 Å². The summed E-state index contributed by atoms with van der Waals surface area (Å²) in [5.74, 6) is -0.379. The number of thiophene rings is 1. The van der Waals surface area contributed by atoms with E-state index >= 15 is 0 Å². The lowest BCUT2D eigenvalue weighted by Gasteiger charge is -2.19. The van der Waals surface area contributed by atoms with E-state index in [2.05, 4.69) is 15.3 Å². The van der Waals surface area contributed by atoms with Gasteiger partial charge in [-0.05, 0) is 11.5 Å². The standard InChI is InChI=1S/C17H17N3O2S/c1-10(2)14(17(21)22)20-15-13-12(11-6-4-3-5-7-11)8-23-16(13)19-9-18-15/h3-10,14H,1-2H3,(H,21,22)(H,18,19,20). The second-order valence-corrected chi connectivity index (χ2v) is 6.48. The van der Waals surface area contributed by atoms with E-state index in [1.54, 1.807) is 0 Å². The Hall–Kier alpha value is -2.47. The van der Waals surface area contributed by atoms with E-state index in [0.717, 1.165) is 21.3 Å². The average Bonchev–Trinajstić information content (AvgIpc) is 2.97. The predicted octanol–water partition coefficient (Wildman–Crippen LogP) is 3.88. The number of nitrogens with zero attached hydrogens (tertiary/aromatic N) is 2. The zero-order valence-electron chi connectivity index (χ0n) is 12.9. The van der Waals surface area contributed by atoms with Crippen molar-refractivity contribution < 1.29 is 9.90 Å². The number of hydrogen-bond acceptors (Lipinski definition) is 5. The minimum absolute atomic E-state index is 0.0590. The molecule has 3 aromatic rings. The fourth-order valence-electron chi connectivity index (χ4n) is 2.48. The predicted molar refractivity (Wildman–Crippen MR) is 92.7 cm³/mol. The first-order valence-corrected chi connectivity index (χ1v) is 8.23. The molecular weight excluding hydrogens is 310 g/mol. The van der Waals surface area contributed by atoms with Gasteiger partial charge in [0.05, 0.1) is 5.39 Å². The second kappa shape index (κ2) is 6.34. The van der Waals surface area contributed by atoms with Crippen LogP contribution in [0, 0.1) is 5.92 Å². The topological polar surface area (TPSA) is 75.1 Å². The van der Waals surface area contributed by atoms with Crippen LogP contribution in [0.1, 0.15) is 13.8 Å². The molecule has 1 atom stereocenters. The summed E-state index contributed by atoms with van der Waals surface area (Å²) in [6, 6.07) is 9.27. The molecule has 0 bridgehead atoms. The number of carboxylic acid groups (broad SMARTS) is 1. The van der Waals surface area contributed by atoms with Crippen LogP contribution in [0.5, 0.6) is 0 Å². The van der Waals surface area contributed by atoms with E-state index in [1.807, 2.05) is 49.6 Å². The number of anilines is 1. The minimum atomic E-state index is -0.886. The zero-order chi connectivity index (χ0) is 16.4. The fourth-order valence-corrected chi connectivity index (χ4v) is 3.39. The van der Waals surface area contributed by atoms with Gasteiger partial charge in [0, 0.05) is 10.9 Å². The van der Waals surface area contributed by atoms with E-state index < -0.39 is 12.0 Å². The maximum absolute atomic E-state index is 11.5. The maximum Gasteiger partial charge on any atom is 0.326 e. The minimum Gasteiger partial charge on any atom is -0.480 e. The smallest absolute Gasteiger partial charge is 0.326 e. The Labute approximate surface area is 138 Å². The SMILES string of the molecule is CC(C)C(Nc1ncnc2scc(-c3ccccc3)c12)C(=O)O. The number of benzene rings is 1. The summed E-state index contributed by atoms with van der Waals surface area (Å²) >= 11 is 1.53. The monoisotopic (exact) mass is 327 g/mol. The van der Waals surface area contributed by atoms with Crippen LogP contribution in [0.2, 0.25) is 0 Å². The molecule has 2 N–H and O–H groups in total. The van der Waals surface area contributed by atoms with Crippen molar-refractivity contribution >= 4 is 33.3 Å². The Morgan fingerprint density at radius 2 is 1.96 bits per heavy atom. The van der Waals surface area contributed by atoms with Gasteiger partial charge in [-0.2, -0.15) is 0 Å². The first-order chi connectivity index (χ1) is 11.1. The Bertz CT molecular complexity index is 830. The molecule has 0 saturated carbocycles. The maximum atomic E-state index is 11.5. The van der Waals surface area contributed by atoms with Crippen LogP contribution in [0.15, 0.2) is 42.0 Å². The van der Waals surface area contributed by atoms with Gasteiger partial charge in [0.2, 0.25) is 0 Å². The number of carbonyl (C=O) groups is 1. The molecule has 0 fully saturated rings. The number of aromatic nitrogens is 2. The highest BCUT2D eigenvalue weighted by Gasteiger charge is 2.23. The number of hydrogen-bond donors (Lipinski definition) is 2. The van der Waals surface area contributed by atoms with Gasteiger partial charge in [0.15, 0.2) is 0 Å². The van der Waals surface area contributed by atoms with Crippen molar-refractivity contribution in [2.75, 3.05) is 5.32 Å². The Morgan fingerprint density at radius 1 is 1.22 bits per heavy atom. The molecule has 0 aliphatic heterocycles. The first kappa shape index (κ1) is 15.4. The van der Waals surface area contributed by atoms with Crippen molar-refractivity contribution in [2.24, 2.45) is 5.92 Å². The fraction of sp³-hybridized carbons (Fsp3) is 0.235. The molecule has 23 heavy (non-hydrogen) atoms. The largest absolute Gasteiger partial charge is 0.480 e. The highest BCUT2D eigenvalue weighted by Crippen LogP contribution is 2.36. The third-order valence-electron chi connectivity index (χ3n) is 3.68. The van der Waals surface area contributed by atoms with Gasteiger partial charge in [-0.25, -0.2) is 14.8 Å². The lowest BCUT2D eigenvalue weighted by Crippen LogP contribution is -2.34. The number of carboxylic acids is 1. The van der Waals surface area contributed by atoms with Gasteiger partial charge in [-0.15, -0.1) is 11.3 Å². The van der Waals surface area contributed by atoms with Crippen molar-refractivity contribution in [1.82, 2.24) is 9.97 Å². The van der Waals surface area contributed by atoms with Crippen LogP contribution in [-0.2, 0) is 4.79 Å². The van der Waals surface area contributed by atoms with E-state index in [1.165, 1.54) is 17.7 Å². The van der Waals surface area contributed by atoms with E-state index in [0.29, 0.717) is 5.82 Å². The summed E-state index contributed by atoms with van der Waals surface area (Å²) < 4.78 is 0. The number of aliphatic carboxylic acids is 1. The average molecular weight is 327 g/mol. The molecule has 0 aliphatic carbocycles. The summed E-state index contributed by atoms with van der Waals surface area (Å²) in [5, 5.41) is 15.4. The van der Waals surface area contributed by atoms with Gasteiger partial charge in [-0.3, -0.25) is 0 Å². The molecular formula is C17H17N3O2S. The molecule has 0 amide bonds. The van der Waals surface area contributed by atoms with Gasteiger partial charge in [-0.1, -0.05) is 44.2 Å². The number of fused-ring (bicyclic) bond motifs is 1. The quantitative estimate of drug-likeness (QED) is 0.744. The lowest BCUT2D eigenvalue weighted by atomic mass is 10.0. The van der Waals surface area contributed by atoms with E-state index in [4.69, 9.17) is 0 Å². The highest BCUT2D eigenvalue weighted by atomic mass is 32.1. The van der Waals surface area contributed by atoms with E-state index in [-0.39, 0.29) is 5.92 Å². The summed E-state index contributed by atoms with van der Waals surface area (Å²) in [4.78, 5) is 20.9. The molecule has 1 unspecified atom stereocenters. The zero-order valence-corrected chi connectivity index (χ0v) is 13.7. The molecule has 5 nitrogen and oxygen atoms in total. The lowest BCUT2D eigenvalue weighted by molar-refractivity contribution is -0.138. The summed E-state index contributed by atoms with van der Waals surface area (Å²) in [6.07, 6.45) is 1.47. The third-order valence-corrected chi connectivity index (χ3v) is 4.57. The molecule has 0 radical (unpaired) electrons. The molecule has 0 spiro atoms. The number of nitrogens with one attached hydrogen (secondary N) is 1. The van der Waals surface area contributed by atoms with Crippen molar-refractivity contribution in [3.8, 4) is 11.1 Å². The molecule has 6 heteroatoms. The van der Waals surface area contributed by atoms with Crippen LogP contribution in [0.25, 0.3) is 21.3 Å². The van der Waals surface area contributed by atoms with Gasteiger partial charge < -0.3 is 10.4 Å². The molecule has 1 aromatic carbocycles.